The van der Waals surface area contributed by atoms with Gasteiger partial charge in [0, 0.05) is 15.6 Å². The zero-order valence-corrected chi connectivity index (χ0v) is 15.5. The van der Waals surface area contributed by atoms with Crippen molar-refractivity contribution in [2.24, 2.45) is 0 Å². The Labute approximate surface area is 152 Å². The van der Waals surface area contributed by atoms with Crippen LogP contribution in [0.1, 0.15) is 5.56 Å². The smallest absolute Gasteiger partial charge is 0.167 e. The number of hydrogen-bond acceptors (Lipinski definition) is 3. The van der Waals surface area contributed by atoms with Crippen molar-refractivity contribution in [3.05, 3.63) is 69.1 Å². The standard InChI is InChI=1S/C18H12ClNS3/c1-11-2-4-12(5-3-11)15-10-16-17(22-15)20(18(21)23-16)14-8-6-13(19)7-9-14/h2-10H,1H3. The largest absolute Gasteiger partial charge is 0.283 e. The predicted molar refractivity (Wildman–Crippen MR) is 105 cm³/mol. The van der Waals surface area contributed by atoms with Gasteiger partial charge in [-0.1, -0.05) is 41.4 Å². The number of halogens is 1. The summed E-state index contributed by atoms with van der Waals surface area (Å²) < 4.78 is 4.23. The van der Waals surface area contributed by atoms with Gasteiger partial charge in [0.2, 0.25) is 0 Å². The third-order valence-corrected chi connectivity index (χ3v) is 6.55. The number of fused-ring (bicyclic) bond motifs is 1. The lowest BCUT2D eigenvalue weighted by Gasteiger charge is -2.03. The van der Waals surface area contributed by atoms with E-state index in [1.54, 1.807) is 22.7 Å². The van der Waals surface area contributed by atoms with Crippen LogP contribution in [-0.4, -0.2) is 4.57 Å². The van der Waals surface area contributed by atoms with Crippen molar-refractivity contribution in [3.63, 3.8) is 0 Å². The second-order valence-electron chi connectivity index (χ2n) is 5.33. The van der Waals surface area contributed by atoms with Crippen LogP contribution >= 0.6 is 46.5 Å². The fourth-order valence-corrected chi connectivity index (χ4v) is 5.44. The van der Waals surface area contributed by atoms with Crippen LogP contribution in [-0.2, 0) is 0 Å². The predicted octanol–water partition coefficient (Wildman–Crippen LogP) is 7.11. The highest BCUT2D eigenvalue weighted by Gasteiger charge is 2.12. The fraction of sp³-hybridized carbons (Fsp3) is 0.0556. The SMILES string of the molecule is Cc1ccc(-c2cc3sc(=S)n(-c4ccc(Cl)cc4)c3s2)cc1. The molecule has 0 bridgehead atoms. The highest BCUT2D eigenvalue weighted by Crippen LogP contribution is 2.38. The molecule has 5 heteroatoms. The quantitative estimate of drug-likeness (QED) is 0.339. The van der Waals surface area contributed by atoms with Crippen LogP contribution in [0.2, 0.25) is 5.02 Å². The van der Waals surface area contributed by atoms with Gasteiger partial charge in [0.1, 0.15) is 4.83 Å². The van der Waals surface area contributed by atoms with Crippen LogP contribution in [0.5, 0.6) is 0 Å². The van der Waals surface area contributed by atoms with Crippen LogP contribution in [0.25, 0.3) is 25.7 Å². The van der Waals surface area contributed by atoms with Gasteiger partial charge in [-0.3, -0.25) is 4.57 Å². The Hall–Kier alpha value is -1.46. The van der Waals surface area contributed by atoms with Gasteiger partial charge in [0.25, 0.3) is 0 Å². The highest BCUT2D eigenvalue weighted by molar-refractivity contribution is 7.73. The van der Waals surface area contributed by atoms with E-state index in [1.165, 1.54) is 25.5 Å². The lowest BCUT2D eigenvalue weighted by molar-refractivity contribution is 1.14. The average Bonchev–Trinajstić information content (AvgIpc) is 3.06. The summed E-state index contributed by atoms with van der Waals surface area (Å²) in [5.74, 6) is 0. The maximum atomic E-state index is 6.00. The molecule has 1 nitrogen and oxygen atoms in total. The molecule has 0 saturated carbocycles. The first-order valence-corrected chi connectivity index (χ1v) is 9.52. The van der Waals surface area contributed by atoms with E-state index in [0.29, 0.717) is 0 Å². The summed E-state index contributed by atoms with van der Waals surface area (Å²) in [6.07, 6.45) is 0. The molecule has 4 rings (SSSR count). The van der Waals surface area contributed by atoms with E-state index in [-0.39, 0.29) is 0 Å². The molecule has 0 aliphatic heterocycles. The van der Waals surface area contributed by atoms with Crippen molar-refractivity contribution in [1.82, 2.24) is 4.57 Å². The fourth-order valence-electron chi connectivity index (χ4n) is 2.49. The van der Waals surface area contributed by atoms with Crippen LogP contribution in [0, 0.1) is 10.9 Å². The first-order valence-electron chi connectivity index (χ1n) is 7.10. The van der Waals surface area contributed by atoms with E-state index < -0.39 is 0 Å². The topological polar surface area (TPSA) is 4.93 Å². The first-order chi connectivity index (χ1) is 11.1. The normalized spacial score (nSPS) is 11.2. The third-order valence-electron chi connectivity index (χ3n) is 3.68. The van der Waals surface area contributed by atoms with E-state index in [1.807, 2.05) is 24.3 Å². The van der Waals surface area contributed by atoms with Gasteiger partial charge in [-0.15, -0.1) is 22.7 Å². The van der Waals surface area contributed by atoms with Gasteiger partial charge >= 0.3 is 0 Å². The summed E-state index contributed by atoms with van der Waals surface area (Å²) in [7, 11) is 0. The van der Waals surface area contributed by atoms with E-state index in [0.717, 1.165) is 14.7 Å². The lowest BCUT2D eigenvalue weighted by Crippen LogP contribution is -1.90. The molecular weight excluding hydrogens is 362 g/mol. The van der Waals surface area contributed by atoms with Crippen molar-refractivity contribution in [1.29, 1.82) is 0 Å². The Morgan fingerprint density at radius 2 is 1.65 bits per heavy atom. The van der Waals surface area contributed by atoms with E-state index in [9.17, 15) is 0 Å². The minimum absolute atomic E-state index is 0.735. The zero-order valence-electron chi connectivity index (χ0n) is 12.2. The van der Waals surface area contributed by atoms with Crippen LogP contribution < -0.4 is 0 Å². The van der Waals surface area contributed by atoms with Crippen molar-refractivity contribution < 1.29 is 0 Å². The van der Waals surface area contributed by atoms with Crippen LogP contribution in [0.15, 0.2) is 54.6 Å². The molecule has 0 radical (unpaired) electrons. The molecule has 0 aliphatic rings. The molecule has 0 N–H and O–H groups in total. The summed E-state index contributed by atoms with van der Waals surface area (Å²) in [6.45, 7) is 2.11. The highest BCUT2D eigenvalue weighted by atomic mass is 35.5. The van der Waals surface area contributed by atoms with E-state index in [2.05, 4.69) is 41.8 Å². The van der Waals surface area contributed by atoms with Gasteiger partial charge in [-0.2, -0.15) is 0 Å². The van der Waals surface area contributed by atoms with E-state index >= 15 is 0 Å². The monoisotopic (exact) mass is 373 g/mol. The van der Waals surface area contributed by atoms with Crippen molar-refractivity contribution in [2.75, 3.05) is 0 Å². The average molecular weight is 374 g/mol. The van der Waals surface area contributed by atoms with Gasteiger partial charge in [0.05, 0.1) is 4.70 Å². The third kappa shape index (κ3) is 2.76. The number of nitrogens with zero attached hydrogens (tertiary/aromatic N) is 1. The number of thiazole rings is 1. The number of thiophene rings is 1. The van der Waals surface area contributed by atoms with E-state index in [4.69, 9.17) is 23.8 Å². The number of hydrogen-bond donors (Lipinski definition) is 0. The molecule has 2 aromatic carbocycles. The molecular formula is C18H12ClNS3. The summed E-state index contributed by atoms with van der Waals surface area (Å²) in [6, 6.07) is 18.7. The van der Waals surface area contributed by atoms with Crippen LogP contribution in [0.4, 0.5) is 0 Å². The molecule has 2 heterocycles. The van der Waals surface area contributed by atoms with Gasteiger partial charge in [-0.25, -0.2) is 0 Å². The Bertz CT molecular complexity index is 1040. The molecule has 0 unspecified atom stereocenters. The Kier molecular flexibility index (Phi) is 3.85. The van der Waals surface area contributed by atoms with Crippen molar-refractivity contribution in [3.8, 4) is 16.1 Å². The number of rotatable bonds is 2. The van der Waals surface area contributed by atoms with Crippen molar-refractivity contribution in [2.45, 2.75) is 6.92 Å². The molecule has 23 heavy (non-hydrogen) atoms. The second-order valence-corrected chi connectivity index (χ2v) is 8.47. The van der Waals surface area contributed by atoms with Gasteiger partial charge < -0.3 is 0 Å². The molecule has 114 valence electrons. The molecule has 0 saturated heterocycles. The molecule has 0 aliphatic carbocycles. The molecule has 0 fully saturated rings. The Morgan fingerprint density at radius 3 is 2.35 bits per heavy atom. The molecule has 2 aromatic heterocycles. The van der Waals surface area contributed by atoms with Crippen LogP contribution in [0.3, 0.4) is 0 Å². The van der Waals surface area contributed by atoms with Crippen molar-refractivity contribution >= 4 is 56.0 Å². The molecule has 0 amide bonds. The second kappa shape index (κ2) is 5.87. The molecule has 4 aromatic rings. The minimum atomic E-state index is 0.735. The summed E-state index contributed by atoms with van der Waals surface area (Å²) in [5, 5.41) is 0.735. The Balaban J connectivity index is 1.89. The summed E-state index contributed by atoms with van der Waals surface area (Å²) in [5.41, 5.74) is 3.58. The lowest BCUT2D eigenvalue weighted by atomic mass is 10.1. The Morgan fingerprint density at radius 1 is 0.957 bits per heavy atom. The number of benzene rings is 2. The molecule has 0 atom stereocenters. The number of aryl methyl sites for hydroxylation is 1. The minimum Gasteiger partial charge on any atom is -0.283 e. The maximum Gasteiger partial charge on any atom is 0.167 e. The maximum absolute atomic E-state index is 6.00. The summed E-state index contributed by atoms with van der Waals surface area (Å²) >= 11 is 15.0. The van der Waals surface area contributed by atoms with Gasteiger partial charge in [-0.05, 0) is 55.0 Å². The number of aromatic nitrogens is 1. The first kappa shape index (κ1) is 15.1. The van der Waals surface area contributed by atoms with Gasteiger partial charge in [0.15, 0.2) is 3.95 Å². The molecule has 0 spiro atoms. The zero-order chi connectivity index (χ0) is 16.0. The summed E-state index contributed by atoms with van der Waals surface area (Å²) in [4.78, 5) is 2.46.